The minimum Gasteiger partial charge on any atom is -0.504 e. The van der Waals surface area contributed by atoms with Crippen molar-refractivity contribution in [3.63, 3.8) is 0 Å². The number of methoxy groups -OCH3 is 2. The SMILES string of the molecule is COc1cccc(NCc2cccc(OC)c2O)c1. The minimum atomic E-state index is 0.167. The molecule has 0 fully saturated rings. The van der Waals surface area contributed by atoms with Gasteiger partial charge < -0.3 is 19.9 Å². The van der Waals surface area contributed by atoms with Gasteiger partial charge in [-0.1, -0.05) is 18.2 Å². The Morgan fingerprint density at radius 2 is 1.84 bits per heavy atom. The molecule has 0 aliphatic rings. The maximum Gasteiger partial charge on any atom is 0.162 e. The van der Waals surface area contributed by atoms with Crippen molar-refractivity contribution in [2.75, 3.05) is 19.5 Å². The van der Waals surface area contributed by atoms with Gasteiger partial charge in [0.25, 0.3) is 0 Å². The summed E-state index contributed by atoms with van der Waals surface area (Å²) in [7, 11) is 3.17. The molecule has 0 bridgehead atoms. The van der Waals surface area contributed by atoms with Crippen molar-refractivity contribution in [3.8, 4) is 17.2 Å². The van der Waals surface area contributed by atoms with Gasteiger partial charge in [-0.25, -0.2) is 0 Å². The van der Waals surface area contributed by atoms with Crippen LogP contribution in [0.1, 0.15) is 5.56 Å². The highest BCUT2D eigenvalue weighted by atomic mass is 16.5. The summed E-state index contributed by atoms with van der Waals surface area (Å²) >= 11 is 0. The topological polar surface area (TPSA) is 50.7 Å². The predicted molar refractivity (Wildman–Crippen MR) is 75.0 cm³/mol. The summed E-state index contributed by atoms with van der Waals surface area (Å²) in [5.41, 5.74) is 1.71. The van der Waals surface area contributed by atoms with Crippen LogP contribution >= 0.6 is 0 Å². The Bertz CT molecular complexity index is 555. The third kappa shape index (κ3) is 3.10. The first-order valence-corrected chi connectivity index (χ1v) is 5.97. The Morgan fingerprint density at radius 3 is 2.58 bits per heavy atom. The second-order valence-corrected chi connectivity index (χ2v) is 4.05. The zero-order valence-corrected chi connectivity index (χ0v) is 11.0. The molecule has 2 rings (SSSR count). The standard InChI is InChI=1S/C15H17NO3/c1-18-13-7-4-6-12(9-13)16-10-11-5-3-8-14(19-2)15(11)17/h3-9,16-17H,10H2,1-2H3. The molecule has 0 amide bonds. The number of hydrogen-bond donors (Lipinski definition) is 2. The van der Waals surface area contributed by atoms with Crippen LogP contribution in [-0.4, -0.2) is 19.3 Å². The van der Waals surface area contributed by atoms with Gasteiger partial charge in [0.1, 0.15) is 5.75 Å². The molecule has 2 aromatic rings. The number of hydrogen-bond acceptors (Lipinski definition) is 4. The van der Waals surface area contributed by atoms with Crippen molar-refractivity contribution in [1.82, 2.24) is 0 Å². The van der Waals surface area contributed by atoms with Crippen molar-refractivity contribution in [2.45, 2.75) is 6.54 Å². The second-order valence-electron chi connectivity index (χ2n) is 4.05. The molecule has 0 saturated carbocycles. The largest absolute Gasteiger partial charge is 0.504 e. The van der Waals surface area contributed by atoms with E-state index >= 15 is 0 Å². The molecule has 0 saturated heterocycles. The number of phenols is 1. The summed E-state index contributed by atoms with van der Waals surface area (Å²) in [4.78, 5) is 0. The number of phenolic OH excluding ortho intramolecular Hbond substituents is 1. The fourth-order valence-electron chi connectivity index (χ4n) is 1.81. The first-order chi connectivity index (χ1) is 9.24. The van der Waals surface area contributed by atoms with Gasteiger partial charge in [0.05, 0.1) is 14.2 Å². The van der Waals surface area contributed by atoms with E-state index in [1.165, 1.54) is 7.11 Å². The van der Waals surface area contributed by atoms with Gasteiger partial charge in [-0.15, -0.1) is 0 Å². The first-order valence-electron chi connectivity index (χ1n) is 5.97. The number of rotatable bonds is 5. The highest BCUT2D eigenvalue weighted by molar-refractivity contribution is 5.51. The molecule has 19 heavy (non-hydrogen) atoms. The van der Waals surface area contributed by atoms with E-state index in [9.17, 15) is 5.11 Å². The van der Waals surface area contributed by atoms with E-state index in [1.807, 2.05) is 36.4 Å². The lowest BCUT2D eigenvalue weighted by atomic mass is 10.2. The van der Waals surface area contributed by atoms with Crippen molar-refractivity contribution < 1.29 is 14.6 Å². The molecule has 4 nitrogen and oxygen atoms in total. The van der Waals surface area contributed by atoms with Crippen LogP contribution in [0.4, 0.5) is 5.69 Å². The normalized spacial score (nSPS) is 10.0. The maximum atomic E-state index is 9.98. The summed E-state index contributed by atoms with van der Waals surface area (Å²) < 4.78 is 10.2. The Hall–Kier alpha value is -2.36. The second kappa shape index (κ2) is 6.00. The fourth-order valence-corrected chi connectivity index (χ4v) is 1.81. The highest BCUT2D eigenvalue weighted by Gasteiger charge is 2.06. The van der Waals surface area contributed by atoms with E-state index in [1.54, 1.807) is 13.2 Å². The fraction of sp³-hybridized carbons (Fsp3) is 0.200. The van der Waals surface area contributed by atoms with Gasteiger partial charge in [0.2, 0.25) is 0 Å². The Kier molecular flexibility index (Phi) is 4.13. The average molecular weight is 259 g/mol. The number of anilines is 1. The monoisotopic (exact) mass is 259 g/mol. The summed E-state index contributed by atoms with van der Waals surface area (Å²) in [6.07, 6.45) is 0. The van der Waals surface area contributed by atoms with Crippen LogP contribution < -0.4 is 14.8 Å². The van der Waals surface area contributed by atoms with Crippen molar-refractivity contribution >= 4 is 5.69 Å². The van der Waals surface area contributed by atoms with E-state index in [0.29, 0.717) is 12.3 Å². The third-order valence-corrected chi connectivity index (χ3v) is 2.86. The molecule has 0 aliphatic heterocycles. The van der Waals surface area contributed by atoms with Crippen molar-refractivity contribution in [2.24, 2.45) is 0 Å². The smallest absolute Gasteiger partial charge is 0.162 e. The summed E-state index contributed by atoms with van der Waals surface area (Å²) in [5.74, 6) is 1.44. The van der Waals surface area contributed by atoms with Gasteiger partial charge >= 0.3 is 0 Å². The van der Waals surface area contributed by atoms with E-state index in [0.717, 1.165) is 17.0 Å². The zero-order valence-electron chi connectivity index (χ0n) is 11.0. The molecule has 0 unspecified atom stereocenters. The molecule has 0 spiro atoms. The number of ether oxygens (including phenoxy) is 2. The molecule has 4 heteroatoms. The molecule has 2 N–H and O–H groups in total. The van der Waals surface area contributed by atoms with Crippen LogP contribution in [0.3, 0.4) is 0 Å². The minimum absolute atomic E-state index is 0.167. The number of benzene rings is 2. The molecule has 0 atom stereocenters. The molecule has 100 valence electrons. The predicted octanol–water partition coefficient (Wildman–Crippen LogP) is 3.02. The van der Waals surface area contributed by atoms with Gasteiger partial charge in [-0.3, -0.25) is 0 Å². The highest BCUT2D eigenvalue weighted by Crippen LogP contribution is 2.30. The van der Waals surface area contributed by atoms with Crippen molar-refractivity contribution in [1.29, 1.82) is 0 Å². The van der Waals surface area contributed by atoms with Crippen molar-refractivity contribution in [3.05, 3.63) is 48.0 Å². The number of nitrogens with one attached hydrogen (secondary N) is 1. The summed E-state index contributed by atoms with van der Waals surface area (Å²) in [6.45, 7) is 0.510. The average Bonchev–Trinajstić information content (AvgIpc) is 2.46. The molecule has 0 radical (unpaired) electrons. The lowest BCUT2D eigenvalue weighted by molar-refractivity contribution is 0.371. The van der Waals surface area contributed by atoms with Crippen LogP contribution in [0.15, 0.2) is 42.5 Å². The molecule has 2 aromatic carbocycles. The first kappa shape index (κ1) is 13.1. The number of para-hydroxylation sites is 1. The lowest BCUT2D eigenvalue weighted by Gasteiger charge is -2.11. The third-order valence-electron chi connectivity index (χ3n) is 2.86. The zero-order chi connectivity index (χ0) is 13.7. The Labute approximate surface area is 112 Å². The van der Waals surface area contributed by atoms with Crippen LogP contribution in [0.5, 0.6) is 17.2 Å². The van der Waals surface area contributed by atoms with Gasteiger partial charge in [-0.05, 0) is 18.2 Å². The van der Waals surface area contributed by atoms with E-state index in [-0.39, 0.29) is 5.75 Å². The Morgan fingerprint density at radius 1 is 1.05 bits per heavy atom. The Balaban J connectivity index is 2.10. The maximum absolute atomic E-state index is 9.98. The molecular formula is C15H17NO3. The quantitative estimate of drug-likeness (QED) is 0.866. The van der Waals surface area contributed by atoms with Gasteiger partial charge in [-0.2, -0.15) is 0 Å². The molecule has 0 aromatic heterocycles. The molecular weight excluding hydrogens is 242 g/mol. The van der Waals surface area contributed by atoms with E-state index in [4.69, 9.17) is 9.47 Å². The number of aromatic hydroxyl groups is 1. The summed E-state index contributed by atoms with van der Waals surface area (Å²) in [5, 5.41) is 13.2. The van der Waals surface area contributed by atoms with Crippen LogP contribution in [-0.2, 0) is 6.54 Å². The van der Waals surface area contributed by atoms with Gasteiger partial charge in [0.15, 0.2) is 11.5 Å². The van der Waals surface area contributed by atoms with Crippen LogP contribution in [0, 0.1) is 0 Å². The van der Waals surface area contributed by atoms with Crippen LogP contribution in [0.2, 0.25) is 0 Å². The summed E-state index contributed by atoms with van der Waals surface area (Å²) in [6, 6.07) is 13.1. The van der Waals surface area contributed by atoms with E-state index in [2.05, 4.69) is 5.32 Å². The lowest BCUT2D eigenvalue weighted by Crippen LogP contribution is -2.00. The van der Waals surface area contributed by atoms with Crippen LogP contribution in [0.25, 0.3) is 0 Å². The molecule has 0 heterocycles. The van der Waals surface area contributed by atoms with Gasteiger partial charge in [0, 0.05) is 23.9 Å². The molecule has 0 aliphatic carbocycles. The van der Waals surface area contributed by atoms with E-state index < -0.39 is 0 Å².